The molecule has 2 rings (SSSR count). The van der Waals surface area contributed by atoms with E-state index in [2.05, 4.69) is 15.6 Å². The molecular weight excluding hydrogens is 269 g/mol. The van der Waals surface area contributed by atoms with Gasteiger partial charge in [-0.3, -0.25) is 0 Å². The summed E-state index contributed by atoms with van der Waals surface area (Å²) < 4.78 is 39.9. The maximum atomic E-state index is 12.9. The van der Waals surface area contributed by atoms with Crippen molar-refractivity contribution in [1.82, 2.24) is 20.3 Å². The third-order valence-electron chi connectivity index (χ3n) is 2.86. The zero-order valence-corrected chi connectivity index (χ0v) is 11.0. The van der Waals surface area contributed by atoms with E-state index in [1.165, 1.54) is 16.8 Å². The molecule has 4 nitrogen and oxygen atoms in total. The molecule has 108 valence electrons. The number of alkyl halides is 3. The SMILES string of the molecule is CNCCCc1cn(-c2ccccc2C(F)(F)F)nn1. The van der Waals surface area contributed by atoms with E-state index in [0.717, 1.165) is 19.0 Å². The highest BCUT2D eigenvalue weighted by molar-refractivity contribution is 5.42. The average molecular weight is 284 g/mol. The van der Waals surface area contributed by atoms with Crippen LogP contribution in [0.1, 0.15) is 17.7 Å². The second-order valence-corrected chi connectivity index (χ2v) is 4.38. The van der Waals surface area contributed by atoms with Crippen LogP contribution in [0.5, 0.6) is 0 Å². The molecule has 0 unspecified atom stereocenters. The number of hydrogen-bond acceptors (Lipinski definition) is 3. The molecule has 0 aliphatic heterocycles. The van der Waals surface area contributed by atoms with Crippen LogP contribution in [0.2, 0.25) is 0 Å². The summed E-state index contributed by atoms with van der Waals surface area (Å²) in [5, 5.41) is 10.7. The van der Waals surface area contributed by atoms with Crippen molar-refractivity contribution < 1.29 is 13.2 Å². The lowest BCUT2D eigenvalue weighted by Gasteiger charge is -2.11. The molecule has 0 amide bonds. The standard InChI is InChI=1S/C13H15F3N4/c1-17-8-4-5-10-9-20(19-18-10)12-7-3-2-6-11(12)13(14,15)16/h2-3,6-7,9,17H,4-5,8H2,1H3. The number of aromatic nitrogens is 3. The van der Waals surface area contributed by atoms with Gasteiger partial charge in [0.05, 0.1) is 23.1 Å². The summed E-state index contributed by atoms with van der Waals surface area (Å²) in [7, 11) is 1.84. The summed E-state index contributed by atoms with van der Waals surface area (Å²) in [6.45, 7) is 0.825. The largest absolute Gasteiger partial charge is 0.418 e. The van der Waals surface area contributed by atoms with E-state index in [0.29, 0.717) is 12.1 Å². The first-order valence-electron chi connectivity index (χ1n) is 6.25. The molecule has 0 aliphatic rings. The van der Waals surface area contributed by atoms with Gasteiger partial charge in [0, 0.05) is 0 Å². The third-order valence-corrected chi connectivity index (χ3v) is 2.86. The second kappa shape index (κ2) is 6.04. The van der Waals surface area contributed by atoms with Gasteiger partial charge in [-0.25, -0.2) is 4.68 Å². The molecule has 20 heavy (non-hydrogen) atoms. The lowest BCUT2D eigenvalue weighted by Crippen LogP contribution is -2.11. The smallest absolute Gasteiger partial charge is 0.320 e. The Hall–Kier alpha value is -1.89. The molecule has 2 aromatic rings. The van der Waals surface area contributed by atoms with Crippen LogP contribution in [0.4, 0.5) is 13.2 Å². The van der Waals surface area contributed by atoms with Gasteiger partial charge in [-0.2, -0.15) is 13.2 Å². The topological polar surface area (TPSA) is 42.7 Å². The Labute approximate surface area is 114 Å². The fourth-order valence-electron chi connectivity index (χ4n) is 1.89. The van der Waals surface area contributed by atoms with Crippen molar-refractivity contribution in [2.45, 2.75) is 19.0 Å². The van der Waals surface area contributed by atoms with Crippen molar-refractivity contribution in [2.24, 2.45) is 0 Å². The van der Waals surface area contributed by atoms with Gasteiger partial charge in [-0.1, -0.05) is 17.3 Å². The molecule has 1 N–H and O–H groups in total. The number of nitrogens with zero attached hydrogens (tertiary/aromatic N) is 3. The summed E-state index contributed by atoms with van der Waals surface area (Å²) in [6.07, 6.45) is -1.33. The quantitative estimate of drug-likeness (QED) is 0.858. The summed E-state index contributed by atoms with van der Waals surface area (Å²) in [5.41, 5.74) is -0.0451. The van der Waals surface area contributed by atoms with Crippen LogP contribution in [0.25, 0.3) is 5.69 Å². The van der Waals surface area contributed by atoms with Gasteiger partial charge in [-0.05, 0) is 38.6 Å². The molecule has 0 saturated heterocycles. The monoisotopic (exact) mass is 284 g/mol. The maximum Gasteiger partial charge on any atom is 0.418 e. The zero-order valence-electron chi connectivity index (χ0n) is 11.0. The Kier molecular flexibility index (Phi) is 4.39. The number of halogens is 3. The molecule has 7 heteroatoms. The van der Waals surface area contributed by atoms with Crippen molar-refractivity contribution in [2.75, 3.05) is 13.6 Å². The molecule has 1 aromatic carbocycles. The molecule has 0 bridgehead atoms. The number of rotatable bonds is 5. The minimum absolute atomic E-state index is 0.00707. The Morgan fingerprint density at radius 2 is 2.00 bits per heavy atom. The maximum absolute atomic E-state index is 12.9. The fraction of sp³-hybridized carbons (Fsp3) is 0.385. The minimum Gasteiger partial charge on any atom is -0.320 e. The van der Waals surface area contributed by atoms with Gasteiger partial charge in [0.25, 0.3) is 0 Å². The minimum atomic E-state index is -4.41. The van der Waals surface area contributed by atoms with Crippen molar-refractivity contribution in [3.63, 3.8) is 0 Å². The average Bonchev–Trinajstić information content (AvgIpc) is 2.87. The van der Waals surface area contributed by atoms with Gasteiger partial charge >= 0.3 is 6.18 Å². The van der Waals surface area contributed by atoms with Crippen molar-refractivity contribution in [1.29, 1.82) is 0 Å². The van der Waals surface area contributed by atoms with E-state index in [4.69, 9.17) is 0 Å². The first-order chi connectivity index (χ1) is 9.52. The first kappa shape index (κ1) is 14.5. The molecule has 0 atom stereocenters. The highest BCUT2D eigenvalue weighted by atomic mass is 19.4. The fourth-order valence-corrected chi connectivity index (χ4v) is 1.89. The Morgan fingerprint density at radius 1 is 1.25 bits per heavy atom. The molecule has 0 saturated carbocycles. The van der Waals surface area contributed by atoms with E-state index in [-0.39, 0.29) is 5.69 Å². The Morgan fingerprint density at radius 3 is 2.70 bits per heavy atom. The van der Waals surface area contributed by atoms with Crippen molar-refractivity contribution in [3.8, 4) is 5.69 Å². The molecule has 0 spiro atoms. The van der Waals surface area contributed by atoms with E-state index in [9.17, 15) is 13.2 Å². The number of aryl methyl sites for hydroxylation is 1. The molecule has 1 heterocycles. The van der Waals surface area contributed by atoms with E-state index >= 15 is 0 Å². The van der Waals surface area contributed by atoms with Gasteiger partial charge < -0.3 is 5.32 Å². The first-order valence-corrected chi connectivity index (χ1v) is 6.25. The van der Waals surface area contributed by atoms with Crippen LogP contribution >= 0.6 is 0 Å². The highest BCUT2D eigenvalue weighted by Gasteiger charge is 2.33. The van der Waals surface area contributed by atoms with Crippen LogP contribution < -0.4 is 5.32 Å². The second-order valence-electron chi connectivity index (χ2n) is 4.38. The molecular formula is C13H15F3N4. The van der Waals surface area contributed by atoms with Crippen LogP contribution in [-0.4, -0.2) is 28.6 Å². The van der Waals surface area contributed by atoms with Crippen molar-refractivity contribution >= 4 is 0 Å². The Bertz CT molecular complexity index is 563. The predicted molar refractivity (Wildman–Crippen MR) is 68.6 cm³/mol. The summed E-state index contributed by atoms with van der Waals surface area (Å²) in [4.78, 5) is 0. The number of hydrogen-bond donors (Lipinski definition) is 1. The molecule has 0 fully saturated rings. The van der Waals surface area contributed by atoms with Gasteiger partial charge in [0.15, 0.2) is 0 Å². The van der Waals surface area contributed by atoms with Crippen LogP contribution in [0, 0.1) is 0 Å². The molecule has 0 aliphatic carbocycles. The zero-order chi connectivity index (χ0) is 14.6. The lowest BCUT2D eigenvalue weighted by molar-refractivity contribution is -0.137. The normalized spacial score (nSPS) is 11.8. The van der Waals surface area contributed by atoms with Crippen LogP contribution in [0.3, 0.4) is 0 Å². The Balaban J connectivity index is 2.24. The van der Waals surface area contributed by atoms with Crippen molar-refractivity contribution in [3.05, 3.63) is 41.7 Å². The predicted octanol–water partition coefficient (Wildman–Crippen LogP) is 2.44. The molecule has 0 radical (unpaired) electrons. The lowest BCUT2D eigenvalue weighted by atomic mass is 10.1. The summed E-state index contributed by atoms with van der Waals surface area (Å²) in [6, 6.07) is 5.33. The number of para-hydroxylation sites is 1. The van der Waals surface area contributed by atoms with Crippen LogP contribution in [-0.2, 0) is 12.6 Å². The third kappa shape index (κ3) is 3.36. The highest BCUT2D eigenvalue weighted by Crippen LogP contribution is 2.33. The summed E-state index contributed by atoms with van der Waals surface area (Å²) in [5.74, 6) is 0. The van der Waals surface area contributed by atoms with Gasteiger partial charge in [-0.15, -0.1) is 5.10 Å². The van der Waals surface area contributed by atoms with E-state index < -0.39 is 11.7 Å². The van der Waals surface area contributed by atoms with E-state index in [1.54, 1.807) is 12.3 Å². The summed E-state index contributed by atoms with van der Waals surface area (Å²) >= 11 is 0. The molecule has 1 aromatic heterocycles. The van der Waals surface area contributed by atoms with E-state index in [1.807, 2.05) is 7.05 Å². The van der Waals surface area contributed by atoms with Gasteiger partial charge in [0.1, 0.15) is 0 Å². The number of nitrogens with one attached hydrogen (secondary N) is 1. The van der Waals surface area contributed by atoms with Gasteiger partial charge in [0.2, 0.25) is 0 Å². The van der Waals surface area contributed by atoms with Crippen LogP contribution in [0.15, 0.2) is 30.5 Å². The number of benzene rings is 1.